The van der Waals surface area contributed by atoms with Gasteiger partial charge in [0, 0.05) is 10.9 Å². The van der Waals surface area contributed by atoms with Gasteiger partial charge in [0.2, 0.25) is 5.91 Å². The van der Waals surface area contributed by atoms with Crippen molar-refractivity contribution in [2.24, 2.45) is 0 Å². The summed E-state index contributed by atoms with van der Waals surface area (Å²) in [5.41, 5.74) is 1.19. The van der Waals surface area contributed by atoms with Gasteiger partial charge in [-0.25, -0.2) is 0 Å². The second-order valence-electron chi connectivity index (χ2n) is 5.01. The second-order valence-corrected chi connectivity index (χ2v) is 6.25. The van der Waals surface area contributed by atoms with E-state index in [0.29, 0.717) is 6.42 Å². The van der Waals surface area contributed by atoms with Gasteiger partial charge >= 0.3 is 5.97 Å². The van der Waals surface area contributed by atoms with Crippen LogP contribution in [0.4, 0.5) is 0 Å². The highest BCUT2D eigenvalue weighted by molar-refractivity contribution is 8.01. The van der Waals surface area contributed by atoms with Crippen LogP contribution in [0.2, 0.25) is 0 Å². The lowest BCUT2D eigenvalue weighted by Crippen LogP contribution is -2.42. The third kappa shape index (κ3) is 2.61. The molecule has 2 aliphatic rings. The number of carbonyl (C=O) groups is 2. The molecule has 5 heteroatoms. The smallest absolute Gasteiger partial charge is 0.323 e. The maximum absolute atomic E-state index is 12.5. The third-order valence-electron chi connectivity index (χ3n) is 3.50. The highest BCUT2D eigenvalue weighted by Crippen LogP contribution is 2.39. The molecule has 1 amide bonds. The van der Waals surface area contributed by atoms with E-state index in [1.807, 2.05) is 24.3 Å². The molecule has 0 saturated heterocycles. The first kappa shape index (κ1) is 12.5. The summed E-state index contributed by atoms with van der Waals surface area (Å²) in [7, 11) is 0. The molecule has 1 aliphatic heterocycles. The summed E-state index contributed by atoms with van der Waals surface area (Å²) >= 11 is 1.56. The van der Waals surface area contributed by atoms with Gasteiger partial charge in [-0.05, 0) is 30.9 Å². The Balaban J connectivity index is 1.72. The van der Waals surface area contributed by atoms with Crippen molar-refractivity contribution in [1.82, 2.24) is 4.90 Å². The van der Waals surface area contributed by atoms with Crippen LogP contribution in [0.1, 0.15) is 18.4 Å². The van der Waals surface area contributed by atoms with Gasteiger partial charge in [0.05, 0.1) is 5.25 Å². The van der Waals surface area contributed by atoms with Crippen molar-refractivity contribution in [2.75, 3.05) is 6.54 Å². The van der Waals surface area contributed by atoms with Crippen molar-refractivity contribution < 1.29 is 14.7 Å². The predicted octanol–water partition coefficient (Wildman–Crippen LogP) is 1.78. The number of amides is 1. The average Bonchev–Trinajstić information content (AvgIpc) is 3.13. The van der Waals surface area contributed by atoms with E-state index >= 15 is 0 Å². The van der Waals surface area contributed by atoms with Crippen molar-refractivity contribution in [3.8, 4) is 0 Å². The van der Waals surface area contributed by atoms with Gasteiger partial charge in [0.1, 0.15) is 6.54 Å². The Bertz CT molecular complexity index is 502. The van der Waals surface area contributed by atoms with Crippen LogP contribution < -0.4 is 0 Å². The zero-order chi connectivity index (χ0) is 13.4. The number of nitrogens with zero attached hydrogens (tertiary/aromatic N) is 1. The van der Waals surface area contributed by atoms with E-state index in [-0.39, 0.29) is 23.7 Å². The number of aliphatic carboxylic acids is 1. The minimum Gasteiger partial charge on any atom is -0.480 e. The fraction of sp³-hybridized carbons (Fsp3) is 0.429. The Labute approximate surface area is 115 Å². The number of fused-ring (bicyclic) bond motifs is 1. The number of hydrogen-bond donors (Lipinski definition) is 1. The maximum atomic E-state index is 12.5. The summed E-state index contributed by atoms with van der Waals surface area (Å²) in [5.74, 6) is -0.952. The summed E-state index contributed by atoms with van der Waals surface area (Å²) in [5, 5.41) is 8.77. The quantitative estimate of drug-likeness (QED) is 0.911. The van der Waals surface area contributed by atoms with Gasteiger partial charge in [0.15, 0.2) is 0 Å². The zero-order valence-electron chi connectivity index (χ0n) is 10.4. The highest BCUT2D eigenvalue weighted by Gasteiger charge is 2.39. The Kier molecular flexibility index (Phi) is 3.22. The fourth-order valence-corrected chi connectivity index (χ4v) is 3.69. The van der Waals surface area contributed by atoms with Crippen LogP contribution in [-0.2, 0) is 16.0 Å². The first-order valence-electron chi connectivity index (χ1n) is 6.42. The topological polar surface area (TPSA) is 57.6 Å². The summed E-state index contributed by atoms with van der Waals surface area (Å²) in [6.07, 6.45) is 2.58. The molecule has 1 unspecified atom stereocenters. The minimum absolute atomic E-state index is 0.0221. The molecule has 1 aromatic carbocycles. The van der Waals surface area contributed by atoms with E-state index in [2.05, 4.69) is 0 Å². The molecule has 100 valence electrons. The molecule has 1 saturated carbocycles. The van der Waals surface area contributed by atoms with E-state index in [4.69, 9.17) is 5.11 Å². The minimum atomic E-state index is -0.930. The molecule has 4 nitrogen and oxygen atoms in total. The molecule has 1 fully saturated rings. The number of benzene rings is 1. The van der Waals surface area contributed by atoms with Crippen LogP contribution in [0.5, 0.6) is 0 Å². The Morgan fingerprint density at radius 2 is 2.05 bits per heavy atom. The maximum Gasteiger partial charge on any atom is 0.323 e. The lowest BCUT2D eigenvalue weighted by atomic mass is 10.1. The molecule has 1 atom stereocenters. The molecule has 1 N–H and O–H groups in total. The number of carboxylic acid groups (broad SMARTS) is 1. The monoisotopic (exact) mass is 277 g/mol. The van der Waals surface area contributed by atoms with E-state index in [1.165, 1.54) is 5.56 Å². The van der Waals surface area contributed by atoms with Crippen LogP contribution >= 0.6 is 11.8 Å². The molecular formula is C14H15NO3S. The molecule has 1 aliphatic carbocycles. The first-order valence-corrected chi connectivity index (χ1v) is 7.30. The molecular weight excluding hydrogens is 262 g/mol. The first-order chi connectivity index (χ1) is 9.15. The van der Waals surface area contributed by atoms with E-state index in [9.17, 15) is 9.59 Å². The molecule has 0 aromatic heterocycles. The van der Waals surface area contributed by atoms with Crippen LogP contribution in [-0.4, -0.2) is 39.7 Å². The lowest BCUT2D eigenvalue weighted by molar-refractivity contribution is -0.144. The zero-order valence-corrected chi connectivity index (χ0v) is 11.2. The number of carboxylic acids is 1. The molecule has 1 aromatic rings. The Morgan fingerprint density at radius 1 is 1.32 bits per heavy atom. The van der Waals surface area contributed by atoms with Crippen molar-refractivity contribution >= 4 is 23.6 Å². The fourth-order valence-electron chi connectivity index (χ4n) is 2.42. The summed E-state index contributed by atoms with van der Waals surface area (Å²) < 4.78 is 0. The largest absolute Gasteiger partial charge is 0.480 e. The third-order valence-corrected chi connectivity index (χ3v) is 4.80. The van der Waals surface area contributed by atoms with Crippen LogP contribution in [0.15, 0.2) is 29.2 Å². The van der Waals surface area contributed by atoms with E-state index in [1.54, 1.807) is 16.7 Å². The number of carbonyl (C=O) groups excluding carboxylic acids is 1. The normalized spacial score (nSPS) is 20.9. The summed E-state index contributed by atoms with van der Waals surface area (Å²) in [6, 6.07) is 8.14. The van der Waals surface area contributed by atoms with Crippen molar-refractivity contribution in [3.05, 3.63) is 29.8 Å². The number of hydrogen-bond acceptors (Lipinski definition) is 3. The number of thioether (sulfide) groups is 1. The van der Waals surface area contributed by atoms with Gasteiger partial charge in [-0.15, -0.1) is 11.8 Å². The van der Waals surface area contributed by atoms with Crippen LogP contribution in [0.3, 0.4) is 0 Å². The average molecular weight is 277 g/mol. The highest BCUT2D eigenvalue weighted by atomic mass is 32.2. The van der Waals surface area contributed by atoms with E-state index in [0.717, 1.165) is 17.7 Å². The SMILES string of the molecule is O=C(O)CN(C(=O)C1Cc2ccccc2S1)C1CC1. The van der Waals surface area contributed by atoms with Crippen molar-refractivity contribution in [1.29, 1.82) is 0 Å². The Morgan fingerprint density at radius 3 is 2.68 bits per heavy atom. The van der Waals surface area contributed by atoms with Crippen LogP contribution in [0.25, 0.3) is 0 Å². The molecule has 0 spiro atoms. The second kappa shape index (κ2) is 4.89. The van der Waals surface area contributed by atoms with Crippen LogP contribution in [0, 0.1) is 0 Å². The molecule has 0 radical (unpaired) electrons. The predicted molar refractivity (Wildman–Crippen MR) is 72.2 cm³/mol. The van der Waals surface area contributed by atoms with Gasteiger partial charge in [-0.2, -0.15) is 0 Å². The lowest BCUT2D eigenvalue weighted by Gasteiger charge is -2.23. The number of rotatable bonds is 4. The van der Waals surface area contributed by atoms with Gasteiger partial charge in [0.25, 0.3) is 0 Å². The molecule has 19 heavy (non-hydrogen) atoms. The standard InChI is InChI=1S/C14H15NO3S/c16-13(17)8-15(10-5-6-10)14(18)12-7-9-3-1-2-4-11(9)19-12/h1-4,10,12H,5-8H2,(H,16,17). The van der Waals surface area contributed by atoms with Gasteiger partial charge < -0.3 is 10.0 Å². The van der Waals surface area contributed by atoms with Crippen molar-refractivity contribution in [2.45, 2.75) is 35.4 Å². The molecule has 0 bridgehead atoms. The Hall–Kier alpha value is -1.49. The summed E-state index contributed by atoms with van der Waals surface area (Å²) in [6.45, 7) is -0.170. The van der Waals surface area contributed by atoms with Crippen molar-refractivity contribution in [3.63, 3.8) is 0 Å². The molecule has 1 heterocycles. The van der Waals surface area contributed by atoms with E-state index < -0.39 is 5.97 Å². The summed E-state index contributed by atoms with van der Waals surface area (Å²) in [4.78, 5) is 26.0. The van der Waals surface area contributed by atoms with Gasteiger partial charge in [-0.3, -0.25) is 9.59 Å². The van der Waals surface area contributed by atoms with Gasteiger partial charge in [-0.1, -0.05) is 18.2 Å². The molecule has 3 rings (SSSR count).